The highest BCUT2D eigenvalue weighted by Gasteiger charge is 2.05. The van der Waals surface area contributed by atoms with E-state index in [1.165, 1.54) is 0 Å². The molecule has 3 nitrogen and oxygen atoms in total. The lowest BCUT2D eigenvalue weighted by Gasteiger charge is -2.02. The first kappa shape index (κ1) is 11.2. The Balaban J connectivity index is 2.13. The monoisotopic (exact) mass is 246 g/mol. The minimum atomic E-state index is 0.639. The van der Waals surface area contributed by atoms with Gasteiger partial charge >= 0.3 is 0 Å². The number of aromatic amines is 1. The topological polar surface area (TPSA) is 56.6 Å². The maximum absolute atomic E-state index is 11.0. The molecule has 0 aliphatic carbocycles. The van der Waals surface area contributed by atoms with Crippen molar-refractivity contribution < 1.29 is 4.79 Å². The predicted octanol–water partition coefficient (Wildman–Crippen LogP) is 3.52. The van der Waals surface area contributed by atoms with Gasteiger partial charge in [-0.25, -0.2) is 0 Å². The molecule has 1 N–H and O–H groups in total. The van der Waals surface area contributed by atoms with Gasteiger partial charge in [0.1, 0.15) is 0 Å². The van der Waals surface area contributed by atoms with Gasteiger partial charge < -0.3 is 4.98 Å². The van der Waals surface area contributed by atoms with Gasteiger partial charge in [0.25, 0.3) is 0 Å². The fourth-order valence-electron chi connectivity index (χ4n) is 2.16. The van der Waals surface area contributed by atoms with Gasteiger partial charge in [-0.2, -0.15) is 5.26 Å². The standard InChI is InChI=1S/C16H10N2O/c17-8-11-1-3-12(4-2-11)13-5-6-16-15(7-13)14(10-19)9-18-16/h1-7,9-10,18H. The molecule has 0 amide bonds. The summed E-state index contributed by atoms with van der Waals surface area (Å²) in [6.45, 7) is 0. The Labute approximate surface area is 110 Å². The summed E-state index contributed by atoms with van der Waals surface area (Å²) in [5.74, 6) is 0. The second-order valence-electron chi connectivity index (χ2n) is 4.31. The average Bonchev–Trinajstić information content (AvgIpc) is 2.89. The number of aromatic nitrogens is 1. The summed E-state index contributed by atoms with van der Waals surface area (Å²) >= 11 is 0. The normalized spacial score (nSPS) is 10.3. The molecule has 0 saturated carbocycles. The van der Waals surface area contributed by atoms with E-state index in [-0.39, 0.29) is 0 Å². The minimum Gasteiger partial charge on any atom is -0.360 e. The molecule has 0 fully saturated rings. The molecule has 0 aliphatic rings. The predicted molar refractivity (Wildman–Crippen MR) is 73.8 cm³/mol. The van der Waals surface area contributed by atoms with Crippen molar-refractivity contribution in [3.8, 4) is 17.2 Å². The van der Waals surface area contributed by atoms with Gasteiger partial charge in [0.05, 0.1) is 11.6 Å². The number of rotatable bonds is 2. The highest BCUT2D eigenvalue weighted by molar-refractivity contribution is 5.99. The van der Waals surface area contributed by atoms with Gasteiger partial charge in [0.2, 0.25) is 0 Å². The average molecular weight is 246 g/mol. The molecular formula is C16H10N2O. The highest BCUT2D eigenvalue weighted by Crippen LogP contribution is 2.26. The van der Waals surface area contributed by atoms with E-state index in [4.69, 9.17) is 5.26 Å². The second kappa shape index (κ2) is 4.43. The number of hydrogen-bond donors (Lipinski definition) is 1. The molecule has 0 atom stereocenters. The first-order valence-corrected chi connectivity index (χ1v) is 5.88. The summed E-state index contributed by atoms with van der Waals surface area (Å²) in [5, 5.41) is 9.70. The first-order chi connectivity index (χ1) is 9.31. The lowest BCUT2D eigenvalue weighted by atomic mass is 10.0. The summed E-state index contributed by atoms with van der Waals surface area (Å²) in [6, 6.07) is 15.4. The lowest BCUT2D eigenvalue weighted by Crippen LogP contribution is -1.81. The van der Waals surface area contributed by atoms with Crippen molar-refractivity contribution in [1.82, 2.24) is 4.98 Å². The van der Waals surface area contributed by atoms with Crippen LogP contribution in [0.5, 0.6) is 0 Å². The van der Waals surface area contributed by atoms with Crippen molar-refractivity contribution in [2.75, 3.05) is 0 Å². The second-order valence-corrected chi connectivity index (χ2v) is 4.31. The van der Waals surface area contributed by atoms with Crippen molar-refractivity contribution >= 4 is 17.2 Å². The van der Waals surface area contributed by atoms with E-state index in [1.807, 2.05) is 30.3 Å². The number of carbonyl (C=O) groups is 1. The van der Waals surface area contributed by atoms with E-state index in [9.17, 15) is 4.79 Å². The molecule has 90 valence electrons. The number of carbonyl (C=O) groups excluding carboxylic acids is 1. The minimum absolute atomic E-state index is 0.639. The third-order valence-electron chi connectivity index (χ3n) is 3.19. The fraction of sp³-hybridized carbons (Fsp3) is 0. The Kier molecular flexibility index (Phi) is 2.62. The summed E-state index contributed by atoms with van der Waals surface area (Å²) in [7, 11) is 0. The number of nitriles is 1. The number of nitrogens with zero attached hydrogens (tertiary/aromatic N) is 1. The van der Waals surface area contributed by atoms with Crippen LogP contribution < -0.4 is 0 Å². The summed E-state index contributed by atoms with van der Waals surface area (Å²) in [5.41, 5.74) is 4.30. The van der Waals surface area contributed by atoms with E-state index in [0.29, 0.717) is 11.1 Å². The highest BCUT2D eigenvalue weighted by atomic mass is 16.1. The Morgan fingerprint density at radius 3 is 2.47 bits per heavy atom. The smallest absolute Gasteiger partial charge is 0.152 e. The molecule has 0 aliphatic heterocycles. The molecule has 1 aromatic heterocycles. The first-order valence-electron chi connectivity index (χ1n) is 5.88. The van der Waals surface area contributed by atoms with Crippen LogP contribution in [-0.4, -0.2) is 11.3 Å². The van der Waals surface area contributed by atoms with Gasteiger partial charge in [0.15, 0.2) is 6.29 Å². The van der Waals surface area contributed by atoms with Crippen LogP contribution in [0.4, 0.5) is 0 Å². The maximum Gasteiger partial charge on any atom is 0.152 e. The number of benzene rings is 2. The fourth-order valence-corrected chi connectivity index (χ4v) is 2.16. The van der Waals surface area contributed by atoms with Gasteiger partial charge in [-0.1, -0.05) is 18.2 Å². The maximum atomic E-state index is 11.0. The summed E-state index contributed by atoms with van der Waals surface area (Å²) < 4.78 is 0. The number of hydrogen-bond acceptors (Lipinski definition) is 2. The molecule has 0 radical (unpaired) electrons. The molecule has 3 rings (SSSR count). The SMILES string of the molecule is N#Cc1ccc(-c2ccc3[nH]cc(C=O)c3c2)cc1. The van der Waals surface area contributed by atoms with Crippen molar-refractivity contribution in [2.24, 2.45) is 0 Å². The molecule has 0 saturated heterocycles. The summed E-state index contributed by atoms with van der Waals surface area (Å²) in [4.78, 5) is 14.0. The zero-order chi connectivity index (χ0) is 13.2. The van der Waals surface area contributed by atoms with Gasteiger partial charge in [-0.05, 0) is 35.4 Å². The van der Waals surface area contributed by atoms with Gasteiger partial charge in [-0.3, -0.25) is 4.79 Å². The van der Waals surface area contributed by atoms with E-state index >= 15 is 0 Å². The Morgan fingerprint density at radius 1 is 1.05 bits per heavy atom. The zero-order valence-electron chi connectivity index (χ0n) is 10.1. The van der Waals surface area contributed by atoms with Gasteiger partial charge in [0, 0.05) is 22.7 Å². The Hall–Kier alpha value is -2.86. The van der Waals surface area contributed by atoms with Crippen LogP contribution >= 0.6 is 0 Å². The molecular weight excluding hydrogens is 236 g/mol. The van der Waals surface area contributed by atoms with Crippen LogP contribution in [0.15, 0.2) is 48.7 Å². The van der Waals surface area contributed by atoms with E-state index in [2.05, 4.69) is 11.1 Å². The Morgan fingerprint density at radius 2 is 1.79 bits per heavy atom. The van der Waals surface area contributed by atoms with Crippen LogP contribution in [-0.2, 0) is 0 Å². The summed E-state index contributed by atoms with van der Waals surface area (Å²) in [6.07, 6.45) is 2.56. The van der Waals surface area contributed by atoms with Crippen molar-refractivity contribution in [3.05, 3.63) is 59.8 Å². The molecule has 0 bridgehead atoms. The molecule has 19 heavy (non-hydrogen) atoms. The van der Waals surface area contributed by atoms with Crippen LogP contribution in [0.2, 0.25) is 0 Å². The van der Waals surface area contributed by atoms with E-state index in [1.54, 1.807) is 18.3 Å². The van der Waals surface area contributed by atoms with Crippen molar-refractivity contribution in [3.63, 3.8) is 0 Å². The number of nitrogens with one attached hydrogen (secondary N) is 1. The third-order valence-corrected chi connectivity index (χ3v) is 3.19. The number of fused-ring (bicyclic) bond motifs is 1. The zero-order valence-corrected chi connectivity index (χ0v) is 10.1. The quantitative estimate of drug-likeness (QED) is 0.703. The Bertz CT molecular complexity index is 792. The molecule has 1 heterocycles. The largest absolute Gasteiger partial charge is 0.360 e. The molecule has 2 aromatic carbocycles. The van der Waals surface area contributed by atoms with Gasteiger partial charge in [-0.15, -0.1) is 0 Å². The number of aldehydes is 1. The van der Waals surface area contributed by atoms with E-state index < -0.39 is 0 Å². The van der Waals surface area contributed by atoms with Crippen molar-refractivity contribution in [1.29, 1.82) is 5.26 Å². The molecule has 0 spiro atoms. The van der Waals surface area contributed by atoms with Crippen LogP contribution in [0.25, 0.3) is 22.0 Å². The molecule has 0 unspecified atom stereocenters. The third kappa shape index (κ3) is 1.90. The lowest BCUT2D eigenvalue weighted by molar-refractivity contribution is 0.112. The van der Waals surface area contributed by atoms with Crippen LogP contribution in [0.3, 0.4) is 0 Å². The molecule has 3 aromatic rings. The number of H-pyrrole nitrogens is 1. The van der Waals surface area contributed by atoms with Crippen LogP contribution in [0, 0.1) is 11.3 Å². The van der Waals surface area contributed by atoms with Crippen LogP contribution in [0.1, 0.15) is 15.9 Å². The molecule has 3 heteroatoms. The van der Waals surface area contributed by atoms with E-state index in [0.717, 1.165) is 28.3 Å². The van der Waals surface area contributed by atoms with Crippen molar-refractivity contribution in [2.45, 2.75) is 0 Å².